The van der Waals surface area contributed by atoms with E-state index in [2.05, 4.69) is 22.6 Å². The summed E-state index contributed by atoms with van der Waals surface area (Å²) in [5.74, 6) is -2.99. The average molecular weight is 460 g/mol. The quantitative estimate of drug-likeness (QED) is 0.404. The van der Waals surface area contributed by atoms with Crippen molar-refractivity contribution < 1.29 is 17.9 Å². The third-order valence-corrected chi connectivity index (χ3v) is 5.41. The van der Waals surface area contributed by atoms with Crippen LogP contribution in [0.2, 0.25) is 0 Å². The van der Waals surface area contributed by atoms with Gasteiger partial charge in [0.15, 0.2) is 11.6 Å². The van der Waals surface area contributed by atoms with Crippen LogP contribution < -0.4 is 4.74 Å². The van der Waals surface area contributed by atoms with Crippen molar-refractivity contribution >= 4 is 33.9 Å². The molecule has 0 amide bonds. The van der Waals surface area contributed by atoms with E-state index in [0.717, 1.165) is 7.76 Å². The molecule has 3 rings (SSSR count). The van der Waals surface area contributed by atoms with Gasteiger partial charge in [0, 0.05) is 16.0 Å². The number of ether oxygens (including phenoxy) is 1. The molecule has 1 heterocycles. The van der Waals surface area contributed by atoms with Gasteiger partial charge in [-0.1, -0.05) is 12.1 Å². The summed E-state index contributed by atoms with van der Waals surface area (Å²) in [5, 5.41) is 0. The summed E-state index contributed by atoms with van der Waals surface area (Å²) in [7, 11) is 0. The van der Waals surface area contributed by atoms with Gasteiger partial charge in [-0.2, -0.15) is 4.39 Å². The van der Waals surface area contributed by atoms with Gasteiger partial charge < -0.3 is 4.74 Å². The van der Waals surface area contributed by atoms with E-state index in [0.29, 0.717) is 5.56 Å². The molecule has 0 unspecified atom stereocenters. The van der Waals surface area contributed by atoms with Crippen LogP contribution in [0.4, 0.5) is 13.2 Å². The Morgan fingerprint density at radius 1 is 0.958 bits per heavy atom. The Bertz CT molecular complexity index is 892. The van der Waals surface area contributed by atoms with E-state index in [4.69, 9.17) is 4.74 Å². The zero-order valence-electron chi connectivity index (χ0n) is 12.6. The smallest absolute Gasteiger partial charge is 0.201 e. The summed E-state index contributed by atoms with van der Waals surface area (Å²) in [5.41, 5.74) is 0.598. The van der Waals surface area contributed by atoms with Crippen LogP contribution in [0.25, 0.3) is 21.6 Å². The molecular weight excluding hydrogens is 448 g/mol. The Hall–Kier alpha value is -1.54. The second kappa shape index (κ2) is 7.14. The molecule has 0 bridgehead atoms. The number of thiophene rings is 1. The van der Waals surface area contributed by atoms with Gasteiger partial charge in [0.25, 0.3) is 0 Å². The van der Waals surface area contributed by atoms with E-state index in [9.17, 15) is 13.2 Å². The Morgan fingerprint density at radius 3 is 2.33 bits per heavy atom. The molecule has 0 saturated heterocycles. The molecule has 0 aliphatic heterocycles. The first-order chi connectivity index (χ1) is 11.5. The highest BCUT2D eigenvalue weighted by molar-refractivity contribution is 14.1. The SMILES string of the molecule is CCOc1ccc(-c2ccc(-c3ccc(I)s3)cc2F)c(F)c1F. The second-order valence-corrected chi connectivity index (χ2v) is 7.95. The van der Waals surface area contributed by atoms with E-state index in [1.807, 2.05) is 12.1 Å². The number of hydrogen-bond acceptors (Lipinski definition) is 2. The summed E-state index contributed by atoms with van der Waals surface area (Å²) < 4.78 is 48.8. The standard InChI is InChI=1S/C18H12F3IOS/c1-2-23-14-6-5-12(17(20)18(14)21)11-4-3-10(9-13(11)19)15-7-8-16(22)24-15/h3-9H,2H2,1H3. The minimum absolute atomic E-state index is 0.0180. The monoisotopic (exact) mass is 460 g/mol. The van der Waals surface area contributed by atoms with Gasteiger partial charge >= 0.3 is 0 Å². The van der Waals surface area contributed by atoms with E-state index in [1.54, 1.807) is 13.0 Å². The maximum atomic E-state index is 14.5. The van der Waals surface area contributed by atoms with Crippen molar-refractivity contribution in [1.82, 2.24) is 0 Å². The van der Waals surface area contributed by atoms with Gasteiger partial charge in [0.2, 0.25) is 5.82 Å². The summed E-state index contributed by atoms with van der Waals surface area (Å²) in [4.78, 5) is 0.920. The molecule has 124 valence electrons. The lowest BCUT2D eigenvalue weighted by atomic mass is 10.0. The Balaban J connectivity index is 2.03. The molecular formula is C18H12F3IOS. The van der Waals surface area contributed by atoms with Gasteiger partial charge in [-0.3, -0.25) is 0 Å². The molecule has 1 aromatic heterocycles. The largest absolute Gasteiger partial charge is 0.491 e. The van der Waals surface area contributed by atoms with Crippen LogP contribution in [-0.4, -0.2) is 6.61 Å². The first kappa shape index (κ1) is 17.3. The molecule has 0 N–H and O–H groups in total. The highest BCUT2D eigenvalue weighted by Crippen LogP contribution is 2.35. The zero-order chi connectivity index (χ0) is 17.3. The van der Waals surface area contributed by atoms with Crippen molar-refractivity contribution in [3.63, 3.8) is 0 Å². The van der Waals surface area contributed by atoms with Crippen LogP contribution in [0.5, 0.6) is 5.75 Å². The van der Waals surface area contributed by atoms with E-state index >= 15 is 0 Å². The van der Waals surface area contributed by atoms with Gasteiger partial charge in [0.1, 0.15) is 5.82 Å². The first-order valence-electron chi connectivity index (χ1n) is 7.17. The molecule has 3 aromatic rings. The summed E-state index contributed by atoms with van der Waals surface area (Å²) in [6.07, 6.45) is 0. The topological polar surface area (TPSA) is 9.23 Å². The molecule has 0 radical (unpaired) electrons. The predicted octanol–water partition coefficient (Wildman–Crippen LogP) is 6.50. The molecule has 0 saturated carbocycles. The van der Waals surface area contributed by atoms with E-state index in [1.165, 1.54) is 35.6 Å². The van der Waals surface area contributed by atoms with E-state index in [-0.39, 0.29) is 23.5 Å². The normalized spacial score (nSPS) is 10.9. The molecule has 0 fully saturated rings. The van der Waals surface area contributed by atoms with Gasteiger partial charge in [-0.15, -0.1) is 11.3 Å². The molecule has 0 aliphatic carbocycles. The maximum absolute atomic E-state index is 14.5. The zero-order valence-corrected chi connectivity index (χ0v) is 15.6. The van der Waals surface area contributed by atoms with Crippen molar-refractivity contribution in [2.24, 2.45) is 0 Å². The third kappa shape index (κ3) is 3.30. The summed E-state index contributed by atoms with van der Waals surface area (Å²) in [6, 6.07) is 11.0. The summed E-state index contributed by atoms with van der Waals surface area (Å²) in [6.45, 7) is 1.90. The van der Waals surface area contributed by atoms with Gasteiger partial charge in [-0.25, -0.2) is 8.78 Å². The first-order valence-corrected chi connectivity index (χ1v) is 9.07. The fourth-order valence-electron chi connectivity index (χ4n) is 2.36. The lowest BCUT2D eigenvalue weighted by Crippen LogP contribution is -1.99. The number of halogens is 4. The Labute approximate surface area is 155 Å². The predicted molar refractivity (Wildman–Crippen MR) is 99.0 cm³/mol. The fraction of sp³-hybridized carbons (Fsp3) is 0.111. The van der Waals surface area contributed by atoms with Crippen LogP contribution in [0, 0.1) is 20.3 Å². The van der Waals surface area contributed by atoms with Crippen molar-refractivity contribution in [3.05, 3.63) is 62.8 Å². The number of benzene rings is 2. The van der Waals surface area contributed by atoms with Crippen LogP contribution in [0.15, 0.2) is 42.5 Å². The van der Waals surface area contributed by atoms with Gasteiger partial charge in [0.05, 0.1) is 9.49 Å². The highest BCUT2D eigenvalue weighted by Gasteiger charge is 2.18. The molecule has 24 heavy (non-hydrogen) atoms. The van der Waals surface area contributed by atoms with Crippen molar-refractivity contribution in [2.75, 3.05) is 6.61 Å². The highest BCUT2D eigenvalue weighted by atomic mass is 127. The van der Waals surface area contributed by atoms with Crippen LogP contribution in [0.3, 0.4) is 0 Å². The van der Waals surface area contributed by atoms with Crippen molar-refractivity contribution in [2.45, 2.75) is 6.92 Å². The van der Waals surface area contributed by atoms with Crippen molar-refractivity contribution in [3.8, 4) is 27.3 Å². The number of hydrogen-bond donors (Lipinski definition) is 0. The lowest BCUT2D eigenvalue weighted by Gasteiger charge is -2.10. The van der Waals surface area contributed by atoms with Crippen molar-refractivity contribution in [1.29, 1.82) is 0 Å². The molecule has 6 heteroatoms. The minimum Gasteiger partial charge on any atom is -0.491 e. The molecule has 0 atom stereocenters. The number of rotatable bonds is 4. The third-order valence-electron chi connectivity index (χ3n) is 3.46. The van der Waals surface area contributed by atoms with Crippen LogP contribution in [0.1, 0.15) is 6.92 Å². The van der Waals surface area contributed by atoms with Crippen LogP contribution in [-0.2, 0) is 0 Å². The lowest BCUT2D eigenvalue weighted by molar-refractivity contribution is 0.314. The molecule has 0 aliphatic rings. The molecule has 0 spiro atoms. The summed E-state index contributed by atoms with van der Waals surface area (Å²) >= 11 is 3.73. The Kier molecular flexibility index (Phi) is 5.15. The second-order valence-electron chi connectivity index (χ2n) is 4.97. The molecule has 1 nitrogen and oxygen atoms in total. The maximum Gasteiger partial charge on any atom is 0.201 e. The minimum atomic E-state index is -1.11. The molecule has 2 aromatic carbocycles. The fourth-order valence-corrected chi connectivity index (χ4v) is 3.98. The average Bonchev–Trinajstić information content (AvgIpc) is 2.99. The van der Waals surface area contributed by atoms with Crippen LogP contribution >= 0.6 is 33.9 Å². The van der Waals surface area contributed by atoms with E-state index < -0.39 is 17.5 Å². The Morgan fingerprint density at radius 2 is 1.71 bits per heavy atom. The van der Waals surface area contributed by atoms with Gasteiger partial charge in [-0.05, 0) is 65.4 Å².